The molecule has 4 rings (SSSR count). The van der Waals surface area contributed by atoms with Crippen LogP contribution in [0.2, 0.25) is 10.0 Å². The topological polar surface area (TPSA) is 80.8 Å². The predicted octanol–water partition coefficient (Wildman–Crippen LogP) is 6.65. The molecule has 0 fully saturated rings. The van der Waals surface area contributed by atoms with Gasteiger partial charge in [-0.05, 0) is 55.0 Å². The van der Waals surface area contributed by atoms with Crippen LogP contribution < -0.4 is 19.7 Å². The first-order chi connectivity index (χ1) is 18.8. The Labute approximate surface area is 249 Å². The minimum atomic E-state index is -0.408. The smallest absolute Gasteiger partial charge is 0.246 e. The molecule has 3 aromatic carbocycles. The number of nitrogens with one attached hydrogen (secondary N) is 1. The molecule has 4 aromatic rings. The second-order valence-corrected chi connectivity index (χ2v) is 9.49. The number of para-hydroxylation sites is 1. The van der Waals surface area contributed by atoms with E-state index in [2.05, 4.69) is 10.3 Å². The van der Waals surface area contributed by atoms with Gasteiger partial charge in [-0.25, -0.2) is 4.98 Å². The quantitative estimate of drug-likeness (QED) is 0.218. The molecule has 0 radical (unpaired) electrons. The maximum absolute atomic E-state index is 12.9. The largest absolute Gasteiger partial charge is 0.497 e. The minimum absolute atomic E-state index is 0. The number of nitrogens with zero attached hydrogens (tertiary/aromatic N) is 2. The van der Waals surface area contributed by atoms with Crippen molar-refractivity contribution in [1.82, 2.24) is 10.3 Å². The fraction of sp³-hybridized carbons (Fsp3) is 0.167. The molecule has 10 heteroatoms. The van der Waals surface area contributed by atoms with Crippen LogP contribution in [0.1, 0.15) is 16.8 Å². The number of fused-ring (bicyclic) bond motifs is 1. The van der Waals surface area contributed by atoms with Crippen molar-refractivity contribution < 1.29 is 19.1 Å². The fourth-order valence-corrected chi connectivity index (χ4v) is 4.46. The average molecular weight is 601 g/mol. The van der Waals surface area contributed by atoms with Crippen LogP contribution in [0.4, 0.5) is 5.69 Å². The number of carbonyl (C=O) groups is 2. The maximum Gasteiger partial charge on any atom is 0.246 e. The first kappa shape index (κ1) is 30.8. The number of hydrogen-bond acceptors (Lipinski definition) is 5. The van der Waals surface area contributed by atoms with Crippen molar-refractivity contribution >= 4 is 70.1 Å². The van der Waals surface area contributed by atoms with Gasteiger partial charge in [0.15, 0.2) is 0 Å². The molecule has 0 bridgehead atoms. The van der Waals surface area contributed by atoms with Gasteiger partial charge in [0.25, 0.3) is 0 Å². The number of rotatable bonds is 9. The van der Waals surface area contributed by atoms with Gasteiger partial charge in [-0.2, -0.15) is 0 Å². The van der Waals surface area contributed by atoms with Gasteiger partial charge in [-0.1, -0.05) is 53.5 Å². The summed E-state index contributed by atoms with van der Waals surface area (Å²) in [6, 6.07) is 20.2. The number of hydrogen-bond donors (Lipinski definition) is 1. The van der Waals surface area contributed by atoms with Gasteiger partial charge in [0, 0.05) is 34.8 Å². The van der Waals surface area contributed by atoms with Crippen molar-refractivity contribution in [3.63, 3.8) is 0 Å². The van der Waals surface area contributed by atoms with E-state index in [0.717, 1.165) is 22.2 Å². The van der Waals surface area contributed by atoms with E-state index in [1.165, 1.54) is 11.0 Å². The van der Waals surface area contributed by atoms with Gasteiger partial charge >= 0.3 is 0 Å². The summed E-state index contributed by atoms with van der Waals surface area (Å²) in [6.07, 6.45) is 3.00. The van der Waals surface area contributed by atoms with Crippen LogP contribution in [0, 0.1) is 6.92 Å². The normalized spacial score (nSPS) is 10.7. The summed E-state index contributed by atoms with van der Waals surface area (Å²) in [6.45, 7) is 1.78. The third kappa shape index (κ3) is 7.45. The Bertz CT molecular complexity index is 1560. The van der Waals surface area contributed by atoms with Crippen LogP contribution in [0.25, 0.3) is 17.0 Å². The summed E-state index contributed by atoms with van der Waals surface area (Å²) in [5.41, 5.74) is 3.39. The standard InChI is InChI=1S/C30H27Cl2N3O4.ClH/c1-19-10-12-21-7-5-9-26(30(21)34-19)39-18-23-24(31)13-14-25(29(23)32)35(2)28(37)17-33-27(36)15-11-20-6-4-8-22(16-20)38-3;/h4-16H,17-18H2,1-3H3,(H,33,36);1H. The summed E-state index contributed by atoms with van der Waals surface area (Å²) in [4.78, 5) is 31.1. The van der Waals surface area contributed by atoms with E-state index in [-0.39, 0.29) is 36.5 Å². The molecule has 0 aliphatic carbocycles. The SMILES string of the molecule is COc1cccc(C=CC(=O)NCC(=O)N(C)c2ccc(Cl)c(COc3cccc4ccc(C)nc34)c2Cl)c1.Cl. The van der Waals surface area contributed by atoms with E-state index in [0.29, 0.717) is 27.8 Å². The molecular weight excluding hydrogens is 573 g/mol. The summed E-state index contributed by atoms with van der Waals surface area (Å²) in [5, 5.41) is 4.24. The molecular formula is C30H28Cl3N3O4. The van der Waals surface area contributed by atoms with Crippen LogP contribution in [-0.2, 0) is 16.2 Å². The summed E-state index contributed by atoms with van der Waals surface area (Å²) in [5.74, 6) is 0.517. The highest BCUT2D eigenvalue weighted by atomic mass is 35.5. The molecule has 40 heavy (non-hydrogen) atoms. The van der Waals surface area contributed by atoms with Gasteiger partial charge in [-0.15, -0.1) is 12.4 Å². The van der Waals surface area contributed by atoms with Crippen molar-refractivity contribution in [2.45, 2.75) is 13.5 Å². The van der Waals surface area contributed by atoms with Gasteiger partial charge in [-0.3, -0.25) is 9.59 Å². The molecule has 7 nitrogen and oxygen atoms in total. The van der Waals surface area contributed by atoms with Crippen LogP contribution in [0.3, 0.4) is 0 Å². The van der Waals surface area contributed by atoms with Crippen molar-refractivity contribution in [3.05, 3.63) is 99.7 Å². The number of ether oxygens (including phenoxy) is 2. The maximum atomic E-state index is 12.9. The molecule has 1 N–H and O–H groups in total. The Morgan fingerprint density at radius 2 is 1.82 bits per heavy atom. The Morgan fingerprint density at radius 3 is 2.60 bits per heavy atom. The number of pyridine rings is 1. The van der Waals surface area contributed by atoms with Crippen LogP contribution in [-0.4, -0.2) is 37.5 Å². The number of aryl methyl sites for hydroxylation is 1. The number of carbonyl (C=O) groups excluding carboxylic acids is 2. The van der Waals surface area contributed by atoms with Gasteiger partial charge in [0.05, 0.1) is 24.4 Å². The van der Waals surface area contributed by atoms with Crippen molar-refractivity contribution in [2.24, 2.45) is 0 Å². The second kappa shape index (κ2) is 14.0. The molecule has 208 valence electrons. The predicted molar refractivity (Wildman–Crippen MR) is 163 cm³/mol. The van der Waals surface area contributed by atoms with E-state index in [4.69, 9.17) is 32.7 Å². The molecule has 0 saturated heterocycles. The highest BCUT2D eigenvalue weighted by molar-refractivity contribution is 6.38. The molecule has 0 spiro atoms. The zero-order valence-corrected chi connectivity index (χ0v) is 24.4. The summed E-state index contributed by atoms with van der Waals surface area (Å²) < 4.78 is 11.2. The van der Waals surface area contributed by atoms with Crippen LogP contribution >= 0.6 is 35.6 Å². The minimum Gasteiger partial charge on any atom is -0.497 e. The van der Waals surface area contributed by atoms with Crippen molar-refractivity contribution in [2.75, 3.05) is 25.6 Å². The molecule has 0 aliphatic rings. The number of methoxy groups -OCH3 is 1. The highest BCUT2D eigenvalue weighted by Gasteiger charge is 2.19. The monoisotopic (exact) mass is 599 g/mol. The number of benzene rings is 3. The Balaban J connectivity index is 0.00000441. The first-order valence-electron chi connectivity index (χ1n) is 12.1. The molecule has 0 unspecified atom stereocenters. The summed E-state index contributed by atoms with van der Waals surface area (Å²) in [7, 11) is 3.15. The van der Waals surface area contributed by atoms with Gasteiger partial charge < -0.3 is 19.7 Å². The lowest BCUT2D eigenvalue weighted by atomic mass is 10.1. The highest BCUT2D eigenvalue weighted by Crippen LogP contribution is 2.35. The Kier molecular flexibility index (Phi) is 10.8. The number of likely N-dealkylation sites (N-methyl/N-ethyl adjacent to an activating group) is 1. The summed E-state index contributed by atoms with van der Waals surface area (Å²) >= 11 is 13.1. The Hall–Kier alpha value is -3.78. The fourth-order valence-electron chi connectivity index (χ4n) is 3.85. The molecule has 0 atom stereocenters. The second-order valence-electron chi connectivity index (χ2n) is 8.71. The number of anilines is 1. The van der Waals surface area contributed by atoms with Crippen LogP contribution in [0.15, 0.2) is 72.8 Å². The number of aromatic nitrogens is 1. The van der Waals surface area contributed by atoms with E-state index >= 15 is 0 Å². The third-order valence-corrected chi connectivity index (χ3v) is 6.81. The third-order valence-electron chi connectivity index (χ3n) is 6.03. The van der Waals surface area contributed by atoms with Gasteiger partial charge in [0.1, 0.15) is 23.6 Å². The number of halogens is 3. The Morgan fingerprint density at radius 1 is 1.05 bits per heavy atom. The lowest BCUT2D eigenvalue weighted by Crippen LogP contribution is -2.37. The van der Waals surface area contributed by atoms with E-state index < -0.39 is 5.91 Å². The lowest BCUT2D eigenvalue weighted by Gasteiger charge is -2.21. The van der Waals surface area contributed by atoms with Crippen LogP contribution in [0.5, 0.6) is 11.5 Å². The van der Waals surface area contributed by atoms with E-state index in [1.54, 1.807) is 38.4 Å². The lowest BCUT2D eigenvalue weighted by molar-refractivity contribution is -0.122. The van der Waals surface area contributed by atoms with Gasteiger partial charge in [0.2, 0.25) is 11.8 Å². The molecule has 0 saturated carbocycles. The first-order valence-corrected chi connectivity index (χ1v) is 12.8. The zero-order chi connectivity index (χ0) is 27.9. The molecule has 1 heterocycles. The van der Waals surface area contributed by atoms with Crippen molar-refractivity contribution in [3.8, 4) is 11.5 Å². The average Bonchev–Trinajstić information content (AvgIpc) is 2.94. The van der Waals surface area contributed by atoms with E-state index in [1.807, 2.05) is 55.5 Å². The van der Waals surface area contributed by atoms with E-state index in [9.17, 15) is 9.59 Å². The molecule has 2 amide bonds. The molecule has 1 aromatic heterocycles. The van der Waals surface area contributed by atoms with Crippen molar-refractivity contribution in [1.29, 1.82) is 0 Å². The molecule has 0 aliphatic heterocycles. The number of amides is 2. The zero-order valence-electron chi connectivity index (χ0n) is 22.1.